The summed E-state index contributed by atoms with van der Waals surface area (Å²) in [5.74, 6) is 0.703. The van der Waals surface area contributed by atoms with E-state index in [1.807, 2.05) is 6.92 Å². The van der Waals surface area contributed by atoms with Gasteiger partial charge in [-0.05, 0) is 25.8 Å². The molecule has 1 rings (SSSR count). The fourth-order valence-corrected chi connectivity index (χ4v) is 3.45. The Hall–Kier alpha value is -0.0900. The molecule has 0 aromatic heterocycles. The van der Waals surface area contributed by atoms with Crippen LogP contribution in [0.5, 0.6) is 0 Å². The molecule has 1 heterocycles. The fourth-order valence-electron chi connectivity index (χ4n) is 1.65. The van der Waals surface area contributed by atoms with Crippen LogP contribution in [0.3, 0.4) is 0 Å². The minimum atomic E-state index is -2.79. The lowest BCUT2D eigenvalue weighted by Crippen LogP contribution is -2.31. The van der Waals surface area contributed by atoms with Crippen molar-refractivity contribution in [2.75, 3.05) is 18.1 Å². The highest BCUT2D eigenvalue weighted by atomic mass is 32.2. The van der Waals surface area contributed by atoms with Crippen molar-refractivity contribution in [3.8, 4) is 0 Å². The molecule has 1 aliphatic heterocycles. The van der Waals surface area contributed by atoms with Crippen molar-refractivity contribution < 1.29 is 8.42 Å². The van der Waals surface area contributed by atoms with Crippen molar-refractivity contribution in [1.29, 1.82) is 0 Å². The lowest BCUT2D eigenvalue weighted by molar-refractivity contribution is 0.574. The molecule has 13 heavy (non-hydrogen) atoms. The highest BCUT2D eigenvalue weighted by molar-refractivity contribution is 7.91. The smallest absolute Gasteiger partial charge is 0.151 e. The Balaban J connectivity index is 2.32. The van der Waals surface area contributed by atoms with Crippen molar-refractivity contribution in [2.24, 2.45) is 0 Å². The first-order valence-corrected chi connectivity index (χ1v) is 6.90. The highest BCUT2D eigenvalue weighted by Crippen LogP contribution is 2.09. The number of unbranched alkanes of at least 4 members (excludes halogenated alkanes) is 1. The Bertz CT molecular complexity index is 230. The van der Waals surface area contributed by atoms with Crippen molar-refractivity contribution in [2.45, 2.75) is 38.6 Å². The third-order valence-electron chi connectivity index (χ3n) is 2.43. The number of rotatable bonds is 5. The summed E-state index contributed by atoms with van der Waals surface area (Å²) in [5, 5.41) is 3.21. The van der Waals surface area contributed by atoms with Crippen LogP contribution in [0.25, 0.3) is 0 Å². The van der Waals surface area contributed by atoms with Crippen molar-refractivity contribution in [3.05, 3.63) is 0 Å². The zero-order valence-corrected chi connectivity index (χ0v) is 9.07. The van der Waals surface area contributed by atoms with E-state index in [-0.39, 0.29) is 6.04 Å². The fraction of sp³-hybridized carbons (Fsp3) is 1.00. The zero-order chi connectivity index (χ0) is 9.73. The molecule has 1 unspecified atom stereocenters. The largest absolute Gasteiger partial charge is 0.313 e. The summed E-state index contributed by atoms with van der Waals surface area (Å²) in [5.41, 5.74) is 0. The molecule has 78 valence electrons. The molecule has 1 fully saturated rings. The van der Waals surface area contributed by atoms with E-state index in [9.17, 15) is 8.42 Å². The number of hydrogen-bond donors (Lipinski definition) is 1. The van der Waals surface area contributed by atoms with E-state index in [2.05, 4.69) is 5.32 Å². The second kappa shape index (κ2) is 4.96. The van der Waals surface area contributed by atoms with Gasteiger partial charge in [0, 0.05) is 6.04 Å². The second-order valence-corrected chi connectivity index (χ2v) is 5.99. The first-order valence-electron chi connectivity index (χ1n) is 5.08. The van der Waals surface area contributed by atoms with Crippen molar-refractivity contribution in [1.82, 2.24) is 5.32 Å². The van der Waals surface area contributed by atoms with E-state index in [0.29, 0.717) is 11.5 Å². The van der Waals surface area contributed by atoms with E-state index in [1.54, 1.807) is 0 Å². The first-order chi connectivity index (χ1) is 6.14. The van der Waals surface area contributed by atoms with Gasteiger partial charge >= 0.3 is 0 Å². The molecule has 4 heteroatoms. The number of hydrogen-bond acceptors (Lipinski definition) is 3. The Morgan fingerprint density at radius 2 is 2.23 bits per heavy atom. The summed E-state index contributed by atoms with van der Waals surface area (Å²) >= 11 is 0. The van der Waals surface area contributed by atoms with Crippen LogP contribution in [-0.2, 0) is 9.84 Å². The maximum absolute atomic E-state index is 11.5. The molecule has 3 nitrogen and oxygen atoms in total. The van der Waals surface area contributed by atoms with Crippen LogP contribution in [0.2, 0.25) is 0 Å². The summed E-state index contributed by atoms with van der Waals surface area (Å²) in [6.07, 6.45) is 3.89. The summed E-state index contributed by atoms with van der Waals surface area (Å²) in [7, 11) is -2.79. The van der Waals surface area contributed by atoms with Gasteiger partial charge in [-0.2, -0.15) is 0 Å². The van der Waals surface area contributed by atoms with Gasteiger partial charge in [0.25, 0.3) is 0 Å². The van der Waals surface area contributed by atoms with Crippen LogP contribution in [0.1, 0.15) is 32.6 Å². The number of sulfone groups is 1. The molecule has 0 saturated carbocycles. The number of nitrogens with one attached hydrogen (secondary N) is 1. The van der Waals surface area contributed by atoms with Gasteiger partial charge in [0.05, 0.1) is 11.5 Å². The zero-order valence-electron chi connectivity index (χ0n) is 8.25. The molecule has 0 aromatic rings. The predicted octanol–water partition coefficient (Wildman–Crippen LogP) is 0.953. The van der Waals surface area contributed by atoms with E-state index in [1.165, 1.54) is 0 Å². The molecule has 1 saturated heterocycles. The minimum Gasteiger partial charge on any atom is -0.313 e. The van der Waals surface area contributed by atoms with Crippen LogP contribution in [0.4, 0.5) is 0 Å². The monoisotopic (exact) mass is 205 g/mol. The van der Waals surface area contributed by atoms with Crippen molar-refractivity contribution >= 4 is 9.84 Å². The third-order valence-corrected chi connectivity index (χ3v) is 4.25. The maximum atomic E-state index is 11.5. The quantitative estimate of drug-likeness (QED) is 0.727. The summed E-state index contributed by atoms with van der Waals surface area (Å²) in [6.45, 7) is 3.00. The SMILES string of the molecule is CCCCS(=O)(=O)CC1CCCN1. The van der Waals surface area contributed by atoms with Gasteiger partial charge in [0.1, 0.15) is 0 Å². The van der Waals surface area contributed by atoms with Gasteiger partial charge in [0.15, 0.2) is 9.84 Å². The molecule has 0 amide bonds. The molecule has 1 atom stereocenters. The van der Waals surface area contributed by atoms with Crippen LogP contribution < -0.4 is 5.32 Å². The average molecular weight is 205 g/mol. The van der Waals surface area contributed by atoms with Crippen LogP contribution in [0, 0.1) is 0 Å². The topological polar surface area (TPSA) is 46.2 Å². The molecular weight excluding hydrogens is 186 g/mol. The van der Waals surface area contributed by atoms with Crippen LogP contribution in [0.15, 0.2) is 0 Å². The summed E-state index contributed by atoms with van der Waals surface area (Å²) in [6, 6.07) is 0.224. The standard InChI is InChI=1S/C9H19NO2S/c1-2-3-7-13(11,12)8-9-5-4-6-10-9/h9-10H,2-8H2,1H3. The van der Waals surface area contributed by atoms with Crippen LogP contribution >= 0.6 is 0 Å². The van der Waals surface area contributed by atoms with Gasteiger partial charge in [-0.15, -0.1) is 0 Å². The molecule has 1 N–H and O–H groups in total. The molecule has 0 aromatic carbocycles. The van der Waals surface area contributed by atoms with Gasteiger partial charge < -0.3 is 5.32 Å². The van der Waals surface area contributed by atoms with Gasteiger partial charge in [-0.3, -0.25) is 0 Å². The Morgan fingerprint density at radius 1 is 1.46 bits per heavy atom. The lowest BCUT2D eigenvalue weighted by atomic mass is 10.3. The average Bonchev–Trinajstić information content (AvgIpc) is 2.52. The molecule has 0 radical (unpaired) electrons. The molecule has 0 aliphatic carbocycles. The second-order valence-electron chi connectivity index (χ2n) is 3.76. The summed E-state index contributed by atoms with van der Waals surface area (Å²) in [4.78, 5) is 0. The molecule has 0 spiro atoms. The normalized spacial score (nSPS) is 23.6. The van der Waals surface area contributed by atoms with Gasteiger partial charge in [-0.25, -0.2) is 8.42 Å². The van der Waals surface area contributed by atoms with Gasteiger partial charge in [0.2, 0.25) is 0 Å². The van der Waals surface area contributed by atoms with Gasteiger partial charge in [-0.1, -0.05) is 13.3 Å². The lowest BCUT2D eigenvalue weighted by Gasteiger charge is -2.09. The first kappa shape index (κ1) is 11.0. The minimum absolute atomic E-state index is 0.224. The Morgan fingerprint density at radius 3 is 2.77 bits per heavy atom. The molecule has 0 bridgehead atoms. The van der Waals surface area contributed by atoms with E-state index >= 15 is 0 Å². The van der Waals surface area contributed by atoms with Crippen molar-refractivity contribution in [3.63, 3.8) is 0 Å². The van der Waals surface area contributed by atoms with Crippen LogP contribution in [-0.4, -0.2) is 32.5 Å². The van der Waals surface area contributed by atoms with E-state index in [4.69, 9.17) is 0 Å². The Kier molecular flexibility index (Phi) is 4.19. The Labute approximate surface area is 80.8 Å². The third kappa shape index (κ3) is 4.09. The summed E-state index contributed by atoms with van der Waals surface area (Å²) < 4.78 is 23.0. The predicted molar refractivity (Wildman–Crippen MR) is 54.6 cm³/mol. The molecule has 1 aliphatic rings. The van der Waals surface area contributed by atoms with E-state index in [0.717, 1.165) is 32.2 Å². The van der Waals surface area contributed by atoms with E-state index < -0.39 is 9.84 Å². The molecular formula is C9H19NO2S. The maximum Gasteiger partial charge on any atom is 0.151 e. The highest BCUT2D eigenvalue weighted by Gasteiger charge is 2.21.